The smallest absolute Gasteiger partial charge is 0.227 e. The van der Waals surface area contributed by atoms with Crippen molar-refractivity contribution < 1.29 is 13.9 Å². The molecule has 3 aromatic carbocycles. The van der Waals surface area contributed by atoms with E-state index in [1.807, 2.05) is 84.4 Å². The highest BCUT2D eigenvalue weighted by Gasteiger charge is 2.16. The normalized spacial score (nSPS) is 11.3. The number of rotatable bonds is 6. The van der Waals surface area contributed by atoms with Crippen LogP contribution in [0.4, 0.5) is 0 Å². The third-order valence-corrected chi connectivity index (χ3v) is 6.54. The molecular formula is C28H21BrN4O3. The number of aromatic nitrogens is 4. The maximum atomic E-state index is 6.24. The second-order valence-corrected chi connectivity index (χ2v) is 9.12. The molecular weight excluding hydrogens is 520 g/mol. The number of para-hydroxylation sites is 1. The molecule has 0 aliphatic rings. The van der Waals surface area contributed by atoms with Gasteiger partial charge < -0.3 is 13.9 Å². The van der Waals surface area contributed by atoms with E-state index in [1.54, 1.807) is 13.3 Å². The van der Waals surface area contributed by atoms with E-state index < -0.39 is 0 Å². The first-order chi connectivity index (χ1) is 17.6. The minimum atomic E-state index is 0.571. The number of fused-ring (bicyclic) bond motifs is 2. The Kier molecular flexibility index (Phi) is 5.65. The SMILES string of the molecule is COc1ccc(Cn2nc(Br)c3c(Oc4ccc(-c5nc6cccc(C)c6o5)cc4)ccnc32)cc1. The molecule has 8 heteroatoms. The lowest BCUT2D eigenvalue weighted by Gasteiger charge is -2.08. The number of benzene rings is 3. The van der Waals surface area contributed by atoms with E-state index in [0.717, 1.165) is 44.6 Å². The number of nitrogens with zero attached hydrogens (tertiary/aromatic N) is 4. The van der Waals surface area contributed by atoms with Crippen molar-refractivity contribution in [2.75, 3.05) is 7.11 Å². The summed E-state index contributed by atoms with van der Waals surface area (Å²) >= 11 is 3.59. The van der Waals surface area contributed by atoms with Crippen LogP contribution in [0.5, 0.6) is 17.2 Å². The molecule has 0 unspecified atom stereocenters. The molecule has 0 saturated carbocycles. The van der Waals surface area contributed by atoms with Gasteiger partial charge >= 0.3 is 0 Å². The van der Waals surface area contributed by atoms with Gasteiger partial charge in [-0.3, -0.25) is 0 Å². The van der Waals surface area contributed by atoms with Crippen molar-refractivity contribution in [3.8, 4) is 28.7 Å². The molecule has 3 heterocycles. The summed E-state index contributed by atoms with van der Waals surface area (Å²) in [5.74, 6) is 2.75. The van der Waals surface area contributed by atoms with Gasteiger partial charge in [0.15, 0.2) is 11.2 Å². The van der Waals surface area contributed by atoms with E-state index in [2.05, 4.69) is 31.0 Å². The highest BCUT2D eigenvalue weighted by atomic mass is 79.9. The van der Waals surface area contributed by atoms with Crippen molar-refractivity contribution in [1.29, 1.82) is 0 Å². The number of pyridine rings is 1. The van der Waals surface area contributed by atoms with Gasteiger partial charge in [-0.2, -0.15) is 5.10 Å². The van der Waals surface area contributed by atoms with Crippen LogP contribution >= 0.6 is 15.9 Å². The summed E-state index contributed by atoms with van der Waals surface area (Å²) in [4.78, 5) is 9.18. The van der Waals surface area contributed by atoms with Crippen LogP contribution in [0.3, 0.4) is 0 Å². The topological polar surface area (TPSA) is 75.2 Å². The zero-order valence-corrected chi connectivity index (χ0v) is 21.2. The Morgan fingerprint density at radius 1 is 0.944 bits per heavy atom. The van der Waals surface area contributed by atoms with Gasteiger partial charge in [-0.25, -0.2) is 14.6 Å². The van der Waals surface area contributed by atoms with Gasteiger partial charge in [-0.05, 0) is 76.4 Å². The quantitative estimate of drug-likeness (QED) is 0.223. The standard InChI is InChI=1S/C28H21BrN4O3/c1-17-4-3-5-22-25(17)36-28(31-22)19-8-12-21(13-9-19)35-23-14-15-30-27-24(23)26(29)32-33(27)16-18-6-10-20(34-2)11-7-18/h3-15H,16H2,1-2H3. The first-order valence-corrected chi connectivity index (χ1v) is 12.2. The van der Waals surface area contributed by atoms with Gasteiger partial charge in [0.05, 0.1) is 19.0 Å². The van der Waals surface area contributed by atoms with Gasteiger partial charge in [0.2, 0.25) is 5.89 Å². The number of hydrogen-bond donors (Lipinski definition) is 0. The molecule has 0 spiro atoms. The van der Waals surface area contributed by atoms with Crippen LogP contribution in [0.15, 0.2) is 88.0 Å². The Morgan fingerprint density at radius 2 is 1.72 bits per heavy atom. The first kappa shape index (κ1) is 22.3. The average Bonchev–Trinajstić information content (AvgIpc) is 3.48. The van der Waals surface area contributed by atoms with Gasteiger partial charge in [-0.1, -0.05) is 24.3 Å². The minimum Gasteiger partial charge on any atom is -0.497 e. The van der Waals surface area contributed by atoms with Crippen LogP contribution in [0.2, 0.25) is 0 Å². The lowest BCUT2D eigenvalue weighted by atomic mass is 10.2. The number of ether oxygens (including phenoxy) is 2. The van der Waals surface area contributed by atoms with E-state index >= 15 is 0 Å². The Labute approximate surface area is 215 Å². The Hall–Kier alpha value is -4.17. The Bertz CT molecular complexity index is 1690. The molecule has 0 aliphatic heterocycles. The molecule has 178 valence electrons. The third kappa shape index (κ3) is 4.09. The number of hydrogen-bond acceptors (Lipinski definition) is 6. The fourth-order valence-electron chi connectivity index (χ4n) is 4.13. The summed E-state index contributed by atoms with van der Waals surface area (Å²) in [7, 11) is 1.66. The highest BCUT2D eigenvalue weighted by Crippen LogP contribution is 2.35. The zero-order chi connectivity index (χ0) is 24.6. The lowest BCUT2D eigenvalue weighted by molar-refractivity contribution is 0.414. The molecule has 0 radical (unpaired) electrons. The van der Waals surface area contributed by atoms with E-state index in [9.17, 15) is 0 Å². The van der Waals surface area contributed by atoms with E-state index in [1.165, 1.54) is 0 Å². The largest absolute Gasteiger partial charge is 0.497 e. The third-order valence-electron chi connectivity index (χ3n) is 5.98. The molecule has 7 nitrogen and oxygen atoms in total. The molecule has 6 rings (SSSR count). The maximum Gasteiger partial charge on any atom is 0.227 e. The average molecular weight is 541 g/mol. The highest BCUT2D eigenvalue weighted by molar-refractivity contribution is 9.10. The van der Waals surface area contributed by atoms with Crippen LogP contribution in [-0.2, 0) is 6.54 Å². The number of methoxy groups -OCH3 is 1. The van der Waals surface area contributed by atoms with Crippen molar-refractivity contribution in [2.24, 2.45) is 0 Å². The predicted octanol–water partition coefficient (Wildman–Crippen LogP) is 7.16. The lowest BCUT2D eigenvalue weighted by Crippen LogP contribution is -2.02. The molecule has 0 saturated heterocycles. The fraction of sp³-hybridized carbons (Fsp3) is 0.107. The van der Waals surface area contributed by atoms with Crippen LogP contribution in [0.1, 0.15) is 11.1 Å². The van der Waals surface area contributed by atoms with E-state index in [4.69, 9.17) is 13.9 Å². The Morgan fingerprint density at radius 3 is 2.47 bits per heavy atom. The molecule has 0 amide bonds. The van der Waals surface area contributed by atoms with E-state index in [-0.39, 0.29) is 0 Å². The van der Waals surface area contributed by atoms with Crippen LogP contribution < -0.4 is 9.47 Å². The molecule has 36 heavy (non-hydrogen) atoms. The summed E-state index contributed by atoms with van der Waals surface area (Å²) < 4.78 is 20.0. The van der Waals surface area contributed by atoms with Crippen molar-refractivity contribution in [3.05, 3.63) is 94.7 Å². The Balaban J connectivity index is 1.27. The van der Waals surface area contributed by atoms with Gasteiger partial charge in [0, 0.05) is 17.8 Å². The molecule has 0 fully saturated rings. The van der Waals surface area contributed by atoms with Crippen LogP contribution in [0, 0.1) is 6.92 Å². The number of oxazole rings is 1. The molecule has 3 aromatic heterocycles. The van der Waals surface area contributed by atoms with E-state index in [0.29, 0.717) is 28.5 Å². The van der Waals surface area contributed by atoms with Gasteiger partial charge in [0.25, 0.3) is 0 Å². The second-order valence-electron chi connectivity index (χ2n) is 8.37. The van der Waals surface area contributed by atoms with Crippen LogP contribution in [-0.4, -0.2) is 26.9 Å². The zero-order valence-electron chi connectivity index (χ0n) is 19.6. The summed E-state index contributed by atoms with van der Waals surface area (Å²) in [6, 6.07) is 23.4. The van der Waals surface area contributed by atoms with Gasteiger partial charge in [0.1, 0.15) is 27.4 Å². The molecule has 6 aromatic rings. The predicted molar refractivity (Wildman–Crippen MR) is 142 cm³/mol. The van der Waals surface area contributed by atoms with Crippen molar-refractivity contribution >= 4 is 38.1 Å². The molecule has 0 bridgehead atoms. The molecule has 0 aliphatic carbocycles. The minimum absolute atomic E-state index is 0.571. The summed E-state index contributed by atoms with van der Waals surface area (Å²) in [5, 5.41) is 5.46. The first-order valence-electron chi connectivity index (χ1n) is 11.4. The summed E-state index contributed by atoms with van der Waals surface area (Å²) in [6.45, 7) is 2.59. The van der Waals surface area contributed by atoms with Crippen molar-refractivity contribution in [3.63, 3.8) is 0 Å². The molecule has 0 atom stereocenters. The summed E-state index contributed by atoms with van der Waals surface area (Å²) in [5.41, 5.74) is 5.42. The van der Waals surface area contributed by atoms with Crippen molar-refractivity contribution in [1.82, 2.24) is 19.7 Å². The monoisotopic (exact) mass is 540 g/mol. The van der Waals surface area contributed by atoms with Crippen molar-refractivity contribution in [2.45, 2.75) is 13.5 Å². The molecule has 0 N–H and O–H groups in total. The number of halogens is 1. The van der Waals surface area contributed by atoms with Crippen LogP contribution in [0.25, 0.3) is 33.6 Å². The summed E-state index contributed by atoms with van der Waals surface area (Å²) in [6.07, 6.45) is 1.73. The maximum absolute atomic E-state index is 6.24. The van der Waals surface area contributed by atoms with Gasteiger partial charge in [-0.15, -0.1) is 0 Å². The number of aryl methyl sites for hydroxylation is 1. The second kappa shape index (κ2) is 9.13. The fourth-order valence-corrected chi connectivity index (χ4v) is 4.69.